The Morgan fingerprint density at radius 2 is 1.80 bits per heavy atom. The van der Waals surface area contributed by atoms with Crippen LogP contribution in [0.25, 0.3) is 5.69 Å². The van der Waals surface area contributed by atoms with E-state index in [2.05, 4.69) is 10.4 Å². The van der Waals surface area contributed by atoms with E-state index in [1.54, 1.807) is 47.1 Å². The Hall–Kier alpha value is -2.83. The van der Waals surface area contributed by atoms with Crippen LogP contribution in [0.15, 0.2) is 48.5 Å². The zero-order valence-corrected chi connectivity index (χ0v) is 18.3. The van der Waals surface area contributed by atoms with Gasteiger partial charge in [0.05, 0.1) is 35.0 Å². The summed E-state index contributed by atoms with van der Waals surface area (Å²) in [4.78, 5) is 25.0. The molecule has 0 bridgehead atoms. The number of benzene rings is 2. The molecule has 1 heterocycles. The first kappa shape index (κ1) is 21.9. The summed E-state index contributed by atoms with van der Waals surface area (Å²) in [5, 5.41) is 8.18. The van der Waals surface area contributed by atoms with E-state index in [0.717, 1.165) is 16.9 Å². The highest BCUT2D eigenvalue weighted by atomic mass is 35.5. The third-order valence-corrected chi connectivity index (χ3v) is 5.54. The van der Waals surface area contributed by atoms with Gasteiger partial charge < -0.3 is 10.1 Å². The molecule has 0 aliphatic rings. The van der Waals surface area contributed by atoms with Gasteiger partial charge in [-0.1, -0.05) is 53.5 Å². The van der Waals surface area contributed by atoms with Gasteiger partial charge in [-0.3, -0.25) is 4.79 Å². The van der Waals surface area contributed by atoms with Gasteiger partial charge in [0.2, 0.25) is 5.91 Å². The SMILES string of the molecule is COC(=O)[C@@H](NC(=O)Cc1c(C)nn(-c2ccc(Cl)c(Cl)c2)c1C)c1ccccc1. The Morgan fingerprint density at radius 1 is 1.10 bits per heavy atom. The van der Waals surface area contributed by atoms with Crippen LogP contribution < -0.4 is 5.32 Å². The first-order valence-electron chi connectivity index (χ1n) is 9.24. The Balaban J connectivity index is 1.83. The molecule has 1 atom stereocenters. The Labute approximate surface area is 184 Å². The van der Waals surface area contributed by atoms with E-state index in [1.165, 1.54) is 7.11 Å². The average molecular weight is 446 g/mol. The van der Waals surface area contributed by atoms with Crippen molar-refractivity contribution in [1.82, 2.24) is 15.1 Å². The summed E-state index contributed by atoms with van der Waals surface area (Å²) < 4.78 is 6.57. The molecule has 2 aromatic carbocycles. The molecule has 1 aromatic heterocycles. The van der Waals surface area contributed by atoms with Crippen molar-refractivity contribution in [2.75, 3.05) is 7.11 Å². The summed E-state index contributed by atoms with van der Waals surface area (Å²) in [7, 11) is 1.29. The molecule has 1 N–H and O–H groups in total. The van der Waals surface area contributed by atoms with Crippen LogP contribution in [0.5, 0.6) is 0 Å². The lowest BCUT2D eigenvalue weighted by Gasteiger charge is -2.17. The molecule has 6 nitrogen and oxygen atoms in total. The number of nitrogens with zero attached hydrogens (tertiary/aromatic N) is 2. The molecule has 0 fully saturated rings. The molecular weight excluding hydrogens is 425 g/mol. The van der Waals surface area contributed by atoms with Crippen molar-refractivity contribution < 1.29 is 14.3 Å². The molecule has 3 aromatic rings. The normalized spacial score (nSPS) is 11.8. The molecule has 1 amide bonds. The number of aromatic nitrogens is 2. The molecular formula is C22H21Cl2N3O3. The number of methoxy groups -OCH3 is 1. The predicted octanol–water partition coefficient (Wildman–Crippen LogP) is 4.37. The fraction of sp³-hybridized carbons (Fsp3) is 0.227. The standard InChI is InChI=1S/C22H21Cl2N3O3/c1-13-17(14(2)27(26-13)16-9-10-18(23)19(24)11-16)12-20(28)25-21(22(29)30-3)15-7-5-4-6-8-15/h4-11,21H,12H2,1-3H3,(H,25,28)/t21-/m0/s1. The molecule has 3 rings (SSSR count). The quantitative estimate of drug-likeness (QED) is 0.571. The largest absolute Gasteiger partial charge is 0.467 e. The van der Waals surface area contributed by atoms with Crippen LogP contribution in [0.4, 0.5) is 0 Å². The number of hydrogen-bond donors (Lipinski definition) is 1. The van der Waals surface area contributed by atoms with Gasteiger partial charge in [-0.25, -0.2) is 9.48 Å². The number of amides is 1. The number of carbonyl (C=O) groups excluding carboxylic acids is 2. The van der Waals surface area contributed by atoms with E-state index in [9.17, 15) is 9.59 Å². The number of halogens is 2. The smallest absolute Gasteiger partial charge is 0.333 e. The predicted molar refractivity (Wildman–Crippen MR) is 116 cm³/mol. The first-order valence-corrected chi connectivity index (χ1v) is 10.00. The maximum absolute atomic E-state index is 12.8. The number of nitrogens with one attached hydrogen (secondary N) is 1. The summed E-state index contributed by atoms with van der Waals surface area (Å²) in [5.41, 5.74) is 3.68. The molecule has 0 radical (unpaired) electrons. The van der Waals surface area contributed by atoms with Crippen LogP contribution in [0.3, 0.4) is 0 Å². The summed E-state index contributed by atoms with van der Waals surface area (Å²) >= 11 is 12.1. The van der Waals surface area contributed by atoms with Crippen molar-refractivity contribution >= 4 is 35.1 Å². The van der Waals surface area contributed by atoms with Gasteiger partial charge in [-0.2, -0.15) is 5.10 Å². The Morgan fingerprint density at radius 3 is 2.43 bits per heavy atom. The van der Waals surface area contributed by atoms with Crippen molar-refractivity contribution in [2.45, 2.75) is 26.3 Å². The van der Waals surface area contributed by atoms with E-state index in [1.807, 2.05) is 19.9 Å². The zero-order chi connectivity index (χ0) is 21.8. The second-order valence-electron chi connectivity index (χ2n) is 6.77. The summed E-state index contributed by atoms with van der Waals surface area (Å²) in [6.45, 7) is 3.71. The molecule has 0 unspecified atom stereocenters. The minimum atomic E-state index is -0.880. The molecule has 8 heteroatoms. The topological polar surface area (TPSA) is 73.2 Å². The number of carbonyl (C=O) groups is 2. The van der Waals surface area contributed by atoms with Gasteiger partial charge in [-0.15, -0.1) is 0 Å². The van der Waals surface area contributed by atoms with Gasteiger partial charge in [0, 0.05) is 11.3 Å². The Kier molecular flexibility index (Phi) is 6.80. The summed E-state index contributed by atoms with van der Waals surface area (Å²) in [6.07, 6.45) is 0.0688. The van der Waals surface area contributed by atoms with Crippen molar-refractivity contribution in [1.29, 1.82) is 0 Å². The van der Waals surface area contributed by atoms with Crippen LogP contribution in [-0.2, 0) is 20.7 Å². The molecule has 30 heavy (non-hydrogen) atoms. The number of hydrogen-bond acceptors (Lipinski definition) is 4. The maximum Gasteiger partial charge on any atom is 0.333 e. The van der Waals surface area contributed by atoms with Gasteiger partial charge >= 0.3 is 5.97 Å². The lowest BCUT2D eigenvalue weighted by atomic mass is 10.1. The van der Waals surface area contributed by atoms with Crippen LogP contribution in [-0.4, -0.2) is 28.8 Å². The fourth-order valence-corrected chi connectivity index (χ4v) is 3.51. The number of aryl methyl sites for hydroxylation is 1. The van der Waals surface area contributed by atoms with Crippen molar-refractivity contribution in [3.05, 3.63) is 81.1 Å². The molecule has 0 saturated carbocycles. The maximum atomic E-state index is 12.8. The minimum Gasteiger partial charge on any atom is -0.467 e. The van der Waals surface area contributed by atoms with E-state index in [4.69, 9.17) is 27.9 Å². The lowest BCUT2D eigenvalue weighted by Crippen LogP contribution is -2.35. The lowest BCUT2D eigenvalue weighted by molar-refractivity contribution is -0.145. The van der Waals surface area contributed by atoms with E-state index < -0.39 is 12.0 Å². The monoisotopic (exact) mass is 445 g/mol. The minimum absolute atomic E-state index is 0.0688. The van der Waals surface area contributed by atoms with E-state index in [0.29, 0.717) is 21.3 Å². The molecule has 0 aliphatic carbocycles. The van der Waals surface area contributed by atoms with Gasteiger partial charge in [0.15, 0.2) is 6.04 Å². The molecule has 0 saturated heterocycles. The zero-order valence-electron chi connectivity index (χ0n) is 16.8. The summed E-state index contributed by atoms with van der Waals surface area (Å²) in [6, 6.07) is 13.3. The third kappa shape index (κ3) is 4.66. The van der Waals surface area contributed by atoms with Gasteiger partial charge in [-0.05, 0) is 37.6 Å². The van der Waals surface area contributed by atoms with Gasteiger partial charge in [0.1, 0.15) is 0 Å². The van der Waals surface area contributed by atoms with Crippen molar-refractivity contribution in [3.8, 4) is 5.69 Å². The Bertz CT molecular complexity index is 1080. The van der Waals surface area contributed by atoms with Crippen LogP contribution in [0.1, 0.15) is 28.6 Å². The molecule has 0 spiro atoms. The second-order valence-corrected chi connectivity index (χ2v) is 7.59. The van der Waals surface area contributed by atoms with Crippen molar-refractivity contribution in [3.63, 3.8) is 0 Å². The highest BCUT2D eigenvalue weighted by molar-refractivity contribution is 6.42. The van der Waals surface area contributed by atoms with E-state index >= 15 is 0 Å². The van der Waals surface area contributed by atoms with Gasteiger partial charge in [0.25, 0.3) is 0 Å². The highest BCUT2D eigenvalue weighted by Crippen LogP contribution is 2.26. The second kappa shape index (κ2) is 9.32. The highest BCUT2D eigenvalue weighted by Gasteiger charge is 2.25. The first-order chi connectivity index (χ1) is 14.3. The molecule has 0 aliphatic heterocycles. The van der Waals surface area contributed by atoms with Crippen molar-refractivity contribution in [2.24, 2.45) is 0 Å². The third-order valence-electron chi connectivity index (χ3n) is 4.80. The van der Waals surface area contributed by atoms with Crippen LogP contribution in [0.2, 0.25) is 10.0 Å². The number of ether oxygens (including phenoxy) is 1. The van der Waals surface area contributed by atoms with E-state index in [-0.39, 0.29) is 12.3 Å². The van der Waals surface area contributed by atoms with Crippen LogP contribution >= 0.6 is 23.2 Å². The average Bonchev–Trinajstić information content (AvgIpc) is 3.02. The summed E-state index contributed by atoms with van der Waals surface area (Å²) in [5.74, 6) is -0.844. The number of esters is 1. The number of rotatable bonds is 6. The fourth-order valence-electron chi connectivity index (χ4n) is 3.21. The van der Waals surface area contributed by atoms with Crippen LogP contribution in [0, 0.1) is 13.8 Å². The molecule has 156 valence electrons.